The van der Waals surface area contributed by atoms with Gasteiger partial charge in [0, 0.05) is 0 Å². The molecule has 0 aromatic heterocycles. The predicted molar refractivity (Wildman–Crippen MR) is 84.3 cm³/mol. The van der Waals surface area contributed by atoms with E-state index in [0.717, 1.165) is 0 Å². The van der Waals surface area contributed by atoms with Crippen molar-refractivity contribution in [2.24, 2.45) is 0 Å². The summed E-state index contributed by atoms with van der Waals surface area (Å²) in [5, 5.41) is 0. The lowest BCUT2D eigenvalue weighted by atomic mass is 10.1. The average Bonchev–Trinajstić information content (AvgIpc) is 2.43. The van der Waals surface area contributed by atoms with E-state index in [4.69, 9.17) is 12.5 Å². The van der Waals surface area contributed by atoms with E-state index in [9.17, 15) is 25.3 Å². The fraction of sp³-hybridized carbons (Fsp3) is 1.00. The van der Waals surface area contributed by atoms with Crippen molar-refractivity contribution in [1.29, 1.82) is 0 Å². The molecule has 0 amide bonds. The van der Waals surface area contributed by atoms with E-state index in [-0.39, 0.29) is 17.3 Å². The molecule has 0 aliphatic rings. The van der Waals surface area contributed by atoms with E-state index in [2.05, 4.69) is 0 Å². The Balaban J connectivity index is 5.47. The molecule has 2 atom stereocenters. The van der Waals surface area contributed by atoms with E-state index in [1.165, 1.54) is 34.6 Å². The van der Waals surface area contributed by atoms with Crippen LogP contribution in [0.2, 0.25) is 0 Å². The van der Waals surface area contributed by atoms with Crippen LogP contribution in [0.4, 0.5) is 0 Å². The molecule has 0 fully saturated rings. The summed E-state index contributed by atoms with van der Waals surface area (Å²) >= 11 is 0. The molecule has 0 spiro atoms. The highest BCUT2D eigenvalue weighted by Crippen LogP contribution is 2.18. The van der Waals surface area contributed by atoms with Crippen LogP contribution < -0.4 is 0 Å². The van der Waals surface area contributed by atoms with Crippen molar-refractivity contribution in [1.82, 2.24) is 0 Å². The first-order valence-electron chi connectivity index (χ1n) is 7.02. The van der Waals surface area contributed by atoms with Crippen molar-refractivity contribution in [3.05, 3.63) is 0 Å². The molecule has 0 aliphatic carbocycles. The van der Waals surface area contributed by atoms with E-state index in [0.29, 0.717) is 0 Å². The third kappa shape index (κ3) is 8.40. The topological polar surface area (TPSA) is 130 Å². The molecule has 0 saturated carbocycles. The smallest absolute Gasteiger partial charge is 0.264 e. The van der Waals surface area contributed by atoms with Gasteiger partial charge in [0.05, 0.1) is 17.3 Å². The van der Waals surface area contributed by atoms with Gasteiger partial charge in [-0.25, -0.2) is 0 Å². The number of hydrogen-bond donors (Lipinski definition) is 0. The van der Waals surface area contributed by atoms with E-state index in [1.54, 1.807) is 0 Å². The van der Waals surface area contributed by atoms with Crippen LogP contribution in [0.25, 0.3) is 0 Å². The van der Waals surface area contributed by atoms with Gasteiger partial charge in [0.2, 0.25) is 0 Å². The molecule has 23 heavy (non-hydrogen) atoms. The molecule has 0 aliphatic heterocycles. The second kappa shape index (κ2) is 8.72. The van der Waals surface area contributed by atoms with Crippen LogP contribution >= 0.6 is 0 Å². The monoisotopic (exact) mass is 396 g/mol. The summed E-state index contributed by atoms with van der Waals surface area (Å²) in [5.41, 5.74) is 0. The summed E-state index contributed by atoms with van der Waals surface area (Å²) in [6.45, 7) is 6.56. The number of rotatable bonds is 11. The Morgan fingerprint density at radius 2 is 0.870 bits per heavy atom. The molecular weight excluding hydrogens is 372 g/mol. The van der Waals surface area contributed by atoms with Gasteiger partial charge in [0.15, 0.2) is 0 Å². The predicted octanol–water partition coefficient (Wildman–Crippen LogP) is 0.231. The van der Waals surface area contributed by atoms with Crippen LogP contribution in [-0.4, -0.2) is 60.8 Å². The minimum absolute atomic E-state index is 0.326. The van der Waals surface area contributed by atoms with Gasteiger partial charge in [-0.15, -0.1) is 0 Å². The van der Waals surface area contributed by atoms with Crippen LogP contribution in [0.5, 0.6) is 0 Å². The fourth-order valence-corrected chi connectivity index (χ4v) is 3.69. The molecule has 12 heteroatoms. The van der Waals surface area contributed by atoms with E-state index >= 15 is 0 Å². The largest absolute Gasteiger partial charge is 0.267 e. The van der Waals surface area contributed by atoms with Crippen molar-refractivity contribution in [3.8, 4) is 0 Å². The summed E-state index contributed by atoms with van der Waals surface area (Å²) in [6, 6.07) is 0. The fourth-order valence-electron chi connectivity index (χ4n) is 1.48. The Labute approximate surface area is 138 Å². The van der Waals surface area contributed by atoms with Gasteiger partial charge in [-0.05, 0) is 34.6 Å². The van der Waals surface area contributed by atoms with Crippen molar-refractivity contribution < 1.29 is 37.8 Å². The zero-order valence-electron chi connectivity index (χ0n) is 13.8. The summed E-state index contributed by atoms with van der Waals surface area (Å²) < 4.78 is 83.9. The zero-order valence-corrected chi connectivity index (χ0v) is 16.2. The molecule has 0 aromatic carbocycles. The van der Waals surface area contributed by atoms with Gasteiger partial charge in [-0.3, -0.25) is 12.5 Å². The lowest BCUT2D eigenvalue weighted by molar-refractivity contribution is 0.00181. The summed E-state index contributed by atoms with van der Waals surface area (Å²) in [4.78, 5) is 0. The molecule has 9 nitrogen and oxygen atoms in total. The van der Waals surface area contributed by atoms with Crippen molar-refractivity contribution >= 4 is 30.4 Å². The van der Waals surface area contributed by atoms with Crippen LogP contribution in [0, 0.1) is 0 Å². The molecule has 0 bridgehead atoms. The molecule has 0 saturated heterocycles. The molecule has 0 N–H and O–H groups in total. The lowest BCUT2D eigenvalue weighted by Crippen LogP contribution is -2.43. The third-order valence-corrected chi connectivity index (χ3v) is 6.67. The maximum Gasteiger partial charge on any atom is 0.267 e. The van der Waals surface area contributed by atoms with Crippen molar-refractivity contribution in [3.63, 3.8) is 0 Å². The minimum atomic E-state index is -3.98. The molecule has 140 valence electrons. The number of hydrogen-bond acceptors (Lipinski definition) is 9. The van der Waals surface area contributed by atoms with Crippen LogP contribution in [0.15, 0.2) is 0 Å². The molecule has 2 unspecified atom stereocenters. The second-order valence-corrected chi connectivity index (χ2v) is 10.4. The van der Waals surface area contributed by atoms with E-state index < -0.39 is 48.7 Å². The second-order valence-electron chi connectivity index (χ2n) is 4.70. The van der Waals surface area contributed by atoms with E-state index in [1.807, 2.05) is 0 Å². The highest BCUT2D eigenvalue weighted by atomic mass is 32.2. The average molecular weight is 397 g/mol. The molecule has 0 radical (unpaired) electrons. The quantitative estimate of drug-likeness (QED) is 0.450. The standard InChI is InChI=1S/C11H24O9S3/c1-6-21(12,13)18-9(4)11(20-23(16,17)8-3)10(5)19-22(14,15)7-2/h9-11H,6-8H2,1-5H3. The van der Waals surface area contributed by atoms with Gasteiger partial charge in [-0.1, -0.05) is 0 Å². The maximum atomic E-state index is 11.7. The van der Waals surface area contributed by atoms with Gasteiger partial charge < -0.3 is 0 Å². The summed E-state index contributed by atoms with van der Waals surface area (Å²) in [6.07, 6.45) is -3.96. The van der Waals surface area contributed by atoms with Crippen LogP contribution in [-0.2, 0) is 42.9 Å². The zero-order chi connectivity index (χ0) is 18.5. The maximum absolute atomic E-state index is 11.7. The highest BCUT2D eigenvalue weighted by Gasteiger charge is 2.35. The van der Waals surface area contributed by atoms with Gasteiger partial charge in [0.25, 0.3) is 30.4 Å². The SMILES string of the molecule is CCS(=O)(=O)OC(C)C(OS(=O)(=O)CC)C(C)OS(=O)(=O)CC. The normalized spacial score (nSPS) is 17.6. The van der Waals surface area contributed by atoms with Crippen LogP contribution in [0.3, 0.4) is 0 Å². The van der Waals surface area contributed by atoms with Gasteiger partial charge in [0.1, 0.15) is 18.3 Å². The third-order valence-electron chi connectivity index (χ3n) is 2.84. The highest BCUT2D eigenvalue weighted by molar-refractivity contribution is 7.87. The first-order chi connectivity index (χ1) is 10.3. The lowest BCUT2D eigenvalue weighted by Gasteiger charge is -2.27. The molecule has 0 aromatic rings. The molecular formula is C11H24O9S3. The molecule has 0 rings (SSSR count). The summed E-state index contributed by atoms with van der Waals surface area (Å²) in [7, 11) is -11.8. The van der Waals surface area contributed by atoms with Crippen molar-refractivity contribution in [2.75, 3.05) is 17.3 Å². The molecule has 0 heterocycles. The Hall–Kier alpha value is -0.270. The Morgan fingerprint density at radius 1 is 0.609 bits per heavy atom. The van der Waals surface area contributed by atoms with Crippen molar-refractivity contribution in [2.45, 2.75) is 52.9 Å². The Bertz CT molecular complexity index is 622. The summed E-state index contributed by atoms with van der Waals surface area (Å²) in [5.74, 6) is -1.02. The Kier molecular flexibility index (Phi) is 8.61. The minimum Gasteiger partial charge on any atom is -0.264 e. The first-order valence-corrected chi connectivity index (χ1v) is 11.7. The Morgan fingerprint density at radius 3 is 1.13 bits per heavy atom. The van der Waals surface area contributed by atoms with Gasteiger partial charge in [-0.2, -0.15) is 25.3 Å². The first kappa shape index (κ1) is 22.7. The van der Waals surface area contributed by atoms with Crippen LogP contribution in [0.1, 0.15) is 34.6 Å². The van der Waals surface area contributed by atoms with Gasteiger partial charge >= 0.3 is 0 Å².